The average molecular weight is 469 g/mol. The fourth-order valence-corrected chi connectivity index (χ4v) is 4.01. The molecule has 1 amide bonds. The number of aliphatic hydroxyl groups is 1. The summed E-state index contributed by atoms with van der Waals surface area (Å²) in [6.07, 6.45) is 0. The number of carbonyl (C=O) groups is 1. The van der Waals surface area contributed by atoms with Crippen LogP contribution in [0.2, 0.25) is 5.02 Å². The van der Waals surface area contributed by atoms with Gasteiger partial charge in [0.2, 0.25) is 0 Å². The molecule has 1 heterocycles. The Labute approximate surface area is 183 Å². The molecule has 1 aliphatic heterocycles. The highest BCUT2D eigenvalue weighted by Gasteiger charge is 2.40. The van der Waals surface area contributed by atoms with Gasteiger partial charge < -0.3 is 10.0 Å². The fourth-order valence-electron chi connectivity index (χ4n) is 3.62. The predicted molar refractivity (Wildman–Crippen MR) is 120 cm³/mol. The Morgan fingerprint density at radius 3 is 2.21 bits per heavy atom. The third-order valence-electron chi connectivity index (χ3n) is 5.12. The molecule has 0 bridgehead atoms. The first kappa shape index (κ1) is 19.7. The van der Waals surface area contributed by atoms with Crippen molar-refractivity contribution in [3.8, 4) is 0 Å². The minimum atomic E-state index is -0.391. The van der Waals surface area contributed by atoms with Crippen molar-refractivity contribution >= 4 is 39.0 Å². The van der Waals surface area contributed by atoms with Gasteiger partial charge >= 0.3 is 0 Å². The minimum Gasteiger partial charge on any atom is -0.503 e. The summed E-state index contributed by atoms with van der Waals surface area (Å²) in [6, 6.07) is 22.7. The highest BCUT2D eigenvalue weighted by atomic mass is 79.9. The van der Waals surface area contributed by atoms with E-state index in [0.717, 1.165) is 26.7 Å². The minimum absolute atomic E-state index is 0.215. The zero-order valence-corrected chi connectivity index (χ0v) is 18.1. The van der Waals surface area contributed by atoms with Crippen LogP contribution in [0.4, 0.5) is 0 Å². The number of aliphatic hydroxyl groups excluding tert-OH is 1. The molecule has 0 aliphatic carbocycles. The molecule has 0 aromatic heterocycles. The molecule has 29 heavy (non-hydrogen) atoms. The Kier molecular flexibility index (Phi) is 5.48. The molecule has 0 radical (unpaired) electrons. The summed E-state index contributed by atoms with van der Waals surface area (Å²) in [5, 5.41) is 11.4. The van der Waals surface area contributed by atoms with Gasteiger partial charge in [0, 0.05) is 21.6 Å². The lowest BCUT2D eigenvalue weighted by Crippen LogP contribution is -2.29. The van der Waals surface area contributed by atoms with Crippen LogP contribution >= 0.6 is 27.5 Å². The topological polar surface area (TPSA) is 40.5 Å². The smallest absolute Gasteiger partial charge is 0.290 e. The molecule has 1 aliphatic rings. The van der Waals surface area contributed by atoms with Gasteiger partial charge in [-0.05, 0) is 47.9 Å². The maximum absolute atomic E-state index is 13.1. The zero-order valence-electron chi connectivity index (χ0n) is 15.8. The van der Waals surface area contributed by atoms with Crippen LogP contribution in [0.25, 0.3) is 5.57 Å². The molecule has 0 unspecified atom stereocenters. The van der Waals surface area contributed by atoms with E-state index >= 15 is 0 Å². The highest BCUT2D eigenvalue weighted by Crippen LogP contribution is 2.44. The Morgan fingerprint density at radius 1 is 0.966 bits per heavy atom. The quantitative estimate of drug-likeness (QED) is 0.477. The number of hydrogen-bond acceptors (Lipinski definition) is 2. The summed E-state index contributed by atoms with van der Waals surface area (Å²) in [5.74, 6) is -0.587. The van der Waals surface area contributed by atoms with Crippen LogP contribution in [0.5, 0.6) is 0 Å². The van der Waals surface area contributed by atoms with Gasteiger partial charge in [0.1, 0.15) is 0 Å². The summed E-state index contributed by atoms with van der Waals surface area (Å²) < 4.78 is 0.955. The number of amides is 1. The molecule has 0 spiro atoms. The average Bonchev–Trinajstić information content (AvgIpc) is 2.96. The normalized spacial score (nSPS) is 16.6. The van der Waals surface area contributed by atoms with Crippen LogP contribution in [0.3, 0.4) is 0 Å². The number of hydrogen-bond donors (Lipinski definition) is 1. The van der Waals surface area contributed by atoms with Gasteiger partial charge in [-0.15, -0.1) is 0 Å². The molecule has 0 fully saturated rings. The predicted octanol–water partition coefficient (Wildman–Crippen LogP) is 6.46. The summed E-state index contributed by atoms with van der Waals surface area (Å²) in [7, 11) is 0. The van der Waals surface area contributed by atoms with E-state index in [0.29, 0.717) is 17.1 Å². The maximum Gasteiger partial charge on any atom is 0.290 e. The van der Waals surface area contributed by atoms with Gasteiger partial charge in [0.25, 0.3) is 5.91 Å². The third-order valence-corrected chi connectivity index (χ3v) is 5.90. The SMILES string of the molecule is Cc1ccc(CN2C(=O)C(O)=C(c3ccc(Cl)cc3)[C@@H]2c2ccc(Br)cc2)cc1. The Morgan fingerprint density at radius 2 is 1.59 bits per heavy atom. The number of benzene rings is 3. The van der Waals surface area contributed by atoms with Gasteiger partial charge in [-0.3, -0.25) is 4.79 Å². The van der Waals surface area contributed by atoms with Crippen molar-refractivity contribution in [2.45, 2.75) is 19.5 Å². The summed E-state index contributed by atoms with van der Waals surface area (Å²) in [5.41, 5.74) is 4.48. The Hall–Kier alpha value is -2.56. The third kappa shape index (κ3) is 3.96. The largest absolute Gasteiger partial charge is 0.503 e. The van der Waals surface area contributed by atoms with E-state index in [1.54, 1.807) is 17.0 Å². The first-order chi connectivity index (χ1) is 13.9. The lowest BCUT2D eigenvalue weighted by Gasteiger charge is -2.27. The monoisotopic (exact) mass is 467 g/mol. The lowest BCUT2D eigenvalue weighted by atomic mass is 9.93. The summed E-state index contributed by atoms with van der Waals surface area (Å²) in [4.78, 5) is 14.8. The van der Waals surface area contributed by atoms with Crippen molar-refractivity contribution in [3.05, 3.63) is 110 Å². The second kappa shape index (κ2) is 8.05. The van der Waals surface area contributed by atoms with Gasteiger partial charge in [0.05, 0.1) is 6.04 Å². The first-order valence-electron chi connectivity index (χ1n) is 9.25. The highest BCUT2D eigenvalue weighted by molar-refractivity contribution is 9.10. The van der Waals surface area contributed by atoms with Crippen LogP contribution in [0.15, 0.2) is 83.0 Å². The van der Waals surface area contributed by atoms with Crippen molar-refractivity contribution in [1.29, 1.82) is 0 Å². The molecular formula is C24H19BrClNO2. The van der Waals surface area contributed by atoms with Crippen LogP contribution < -0.4 is 0 Å². The fraction of sp³-hybridized carbons (Fsp3) is 0.125. The van der Waals surface area contributed by atoms with Crippen LogP contribution in [0.1, 0.15) is 28.3 Å². The molecule has 146 valence electrons. The van der Waals surface area contributed by atoms with Gasteiger partial charge in [-0.25, -0.2) is 0 Å². The lowest BCUT2D eigenvalue weighted by molar-refractivity contribution is -0.130. The second-order valence-electron chi connectivity index (χ2n) is 7.14. The number of rotatable bonds is 4. The molecule has 5 heteroatoms. The van der Waals surface area contributed by atoms with Crippen molar-refractivity contribution in [3.63, 3.8) is 0 Å². The maximum atomic E-state index is 13.1. The summed E-state index contributed by atoms with van der Waals surface area (Å²) in [6.45, 7) is 2.43. The molecular weight excluding hydrogens is 450 g/mol. The number of halogens is 2. The second-order valence-corrected chi connectivity index (χ2v) is 8.49. The van der Waals surface area contributed by atoms with Gasteiger partial charge in [-0.1, -0.05) is 81.6 Å². The Balaban J connectivity index is 1.80. The number of nitrogens with zero attached hydrogens (tertiary/aromatic N) is 1. The van der Waals surface area contributed by atoms with E-state index in [9.17, 15) is 9.90 Å². The number of aryl methyl sites for hydroxylation is 1. The first-order valence-corrected chi connectivity index (χ1v) is 10.4. The van der Waals surface area contributed by atoms with Crippen LogP contribution in [0, 0.1) is 6.92 Å². The van der Waals surface area contributed by atoms with Crippen LogP contribution in [-0.2, 0) is 11.3 Å². The molecule has 1 atom stereocenters. The van der Waals surface area contributed by atoms with Crippen molar-refractivity contribution in [2.24, 2.45) is 0 Å². The molecule has 3 nitrogen and oxygen atoms in total. The van der Waals surface area contributed by atoms with E-state index < -0.39 is 6.04 Å². The molecule has 1 N–H and O–H groups in total. The Bertz CT molecular complexity index is 1070. The zero-order chi connectivity index (χ0) is 20.5. The van der Waals surface area contributed by atoms with E-state index in [1.807, 2.05) is 67.6 Å². The van der Waals surface area contributed by atoms with E-state index in [1.165, 1.54) is 0 Å². The molecule has 0 saturated heterocycles. The summed E-state index contributed by atoms with van der Waals surface area (Å²) >= 11 is 9.51. The van der Waals surface area contributed by atoms with E-state index in [2.05, 4.69) is 15.9 Å². The van der Waals surface area contributed by atoms with Crippen molar-refractivity contribution in [2.75, 3.05) is 0 Å². The van der Waals surface area contributed by atoms with Gasteiger partial charge in [0.15, 0.2) is 5.76 Å². The number of carbonyl (C=O) groups excluding carboxylic acids is 1. The molecule has 0 saturated carbocycles. The van der Waals surface area contributed by atoms with Crippen LogP contribution in [-0.4, -0.2) is 15.9 Å². The van der Waals surface area contributed by atoms with Crippen molar-refractivity contribution in [1.82, 2.24) is 4.90 Å². The van der Waals surface area contributed by atoms with E-state index in [-0.39, 0.29) is 11.7 Å². The standard InChI is InChI=1S/C24H19BrClNO2/c1-15-2-4-16(5-3-15)14-27-22(18-6-10-19(25)11-7-18)21(23(28)24(27)29)17-8-12-20(26)13-9-17/h2-13,22,28H,14H2,1H3/t22-/m0/s1. The van der Waals surface area contributed by atoms with Gasteiger partial charge in [-0.2, -0.15) is 0 Å². The molecule has 3 aromatic carbocycles. The molecule has 3 aromatic rings. The van der Waals surface area contributed by atoms with Crippen molar-refractivity contribution < 1.29 is 9.90 Å². The molecule has 4 rings (SSSR count). The van der Waals surface area contributed by atoms with E-state index in [4.69, 9.17) is 11.6 Å².